The predicted octanol–water partition coefficient (Wildman–Crippen LogP) is 2.88. The van der Waals surface area contributed by atoms with Crippen LogP contribution in [0.15, 0.2) is 35.7 Å². The average Bonchev–Trinajstić information content (AvgIpc) is 3.16. The lowest BCUT2D eigenvalue weighted by molar-refractivity contribution is 0.190. The molecule has 3 aliphatic rings. The van der Waals surface area contributed by atoms with Gasteiger partial charge in [-0.05, 0) is 61.6 Å². The summed E-state index contributed by atoms with van der Waals surface area (Å²) in [4.78, 5) is 18.9. The van der Waals surface area contributed by atoms with Gasteiger partial charge in [0.25, 0.3) is 5.16 Å². The average molecular weight is 431 g/mol. The first-order valence-corrected chi connectivity index (χ1v) is 12.1. The Kier molecular flexibility index (Phi) is 4.80. The van der Waals surface area contributed by atoms with E-state index in [1.807, 2.05) is 24.3 Å². The Morgan fingerprint density at radius 1 is 1.17 bits per heavy atom. The number of methoxy groups -OCH3 is 1. The van der Waals surface area contributed by atoms with Crippen molar-refractivity contribution in [1.29, 1.82) is 0 Å². The van der Waals surface area contributed by atoms with E-state index >= 15 is 0 Å². The topological polar surface area (TPSA) is 94.4 Å². The van der Waals surface area contributed by atoms with Gasteiger partial charge in [0.05, 0.1) is 12.4 Å². The first-order valence-electron chi connectivity index (χ1n) is 10.5. The van der Waals surface area contributed by atoms with Crippen molar-refractivity contribution in [3.05, 3.63) is 36.2 Å². The number of hydrogen-bond donors (Lipinski definition) is 0. The van der Waals surface area contributed by atoms with E-state index < -0.39 is 15.1 Å². The molecule has 0 radical (unpaired) electrons. The van der Waals surface area contributed by atoms with Crippen LogP contribution >= 0.6 is 0 Å². The summed E-state index contributed by atoms with van der Waals surface area (Å²) < 4.78 is 32.4. The van der Waals surface area contributed by atoms with E-state index in [9.17, 15) is 13.2 Å². The van der Waals surface area contributed by atoms with Gasteiger partial charge in [0, 0.05) is 12.6 Å². The standard InChI is InChI=1S/C21H26N4O4S/c1-29-18-8-3-14(4-9-18)12-24(17-6-7-17)21(26)25-13-22-20(23-25)30(27,28)19-11-15-2-5-16(19)10-15/h3-4,8-9,13,15-17,19H,2,5-7,10-12H2,1H3/t15-,16+,19+/m0/s1. The smallest absolute Gasteiger partial charge is 0.346 e. The van der Waals surface area contributed by atoms with Gasteiger partial charge < -0.3 is 9.64 Å². The Labute approximate surface area is 176 Å². The Balaban J connectivity index is 1.34. The zero-order chi connectivity index (χ0) is 20.9. The summed E-state index contributed by atoms with van der Waals surface area (Å²) in [7, 11) is -1.99. The highest BCUT2D eigenvalue weighted by molar-refractivity contribution is 7.91. The molecule has 2 bridgehead atoms. The van der Waals surface area contributed by atoms with Crippen molar-refractivity contribution in [2.24, 2.45) is 11.8 Å². The van der Waals surface area contributed by atoms with Gasteiger partial charge in [0.1, 0.15) is 12.1 Å². The highest BCUT2D eigenvalue weighted by Gasteiger charge is 2.48. The molecule has 8 nitrogen and oxygen atoms in total. The number of amides is 1. The minimum Gasteiger partial charge on any atom is -0.497 e. The summed E-state index contributed by atoms with van der Waals surface area (Å²) in [5.41, 5.74) is 0.978. The molecule has 0 aliphatic heterocycles. The van der Waals surface area contributed by atoms with Crippen LogP contribution in [-0.2, 0) is 16.4 Å². The predicted molar refractivity (Wildman–Crippen MR) is 109 cm³/mol. The summed E-state index contributed by atoms with van der Waals surface area (Å²) in [6.45, 7) is 0.432. The van der Waals surface area contributed by atoms with Crippen molar-refractivity contribution in [3.8, 4) is 5.75 Å². The van der Waals surface area contributed by atoms with Crippen LogP contribution in [0.4, 0.5) is 4.79 Å². The molecule has 160 valence electrons. The lowest BCUT2D eigenvalue weighted by Gasteiger charge is -2.22. The Morgan fingerprint density at radius 2 is 1.93 bits per heavy atom. The Hall–Kier alpha value is -2.42. The lowest BCUT2D eigenvalue weighted by atomic mass is 10.0. The summed E-state index contributed by atoms with van der Waals surface area (Å²) in [5, 5.41) is 3.50. The highest BCUT2D eigenvalue weighted by atomic mass is 32.2. The van der Waals surface area contributed by atoms with Gasteiger partial charge >= 0.3 is 6.03 Å². The van der Waals surface area contributed by atoms with Gasteiger partial charge in [-0.1, -0.05) is 18.6 Å². The molecule has 5 rings (SSSR count). The van der Waals surface area contributed by atoms with E-state index in [2.05, 4.69) is 10.1 Å². The molecule has 0 spiro atoms. The van der Waals surface area contributed by atoms with E-state index in [0.29, 0.717) is 18.9 Å². The molecule has 3 fully saturated rings. The number of fused-ring (bicyclic) bond motifs is 2. The van der Waals surface area contributed by atoms with Crippen LogP contribution in [0, 0.1) is 11.8 Å². The van der Waals surface area contributed by atoms with Gasteiger partial charge in [-0.2, -0.15) is 4.68 Å². The summed E-state index contributed by atoms with van der Waals surface area (Å²) >= 11 is 0. The second kappa shape index (κ2) is 7.37. The third-order valence-electron chi connectivity index (χ3n) is 6.74. The number of ether oxygens (including phenoxy) is 1. The molecule has 1 aromatic heterocycles. The SMILES string of the molecule is COc1ccc(CN(C(=O)n2cnc(S(=O)(=O)[C@@H]3C[C@H]4CC[C@@H]3C4)n2)C2CC2)cc1. The van der Waals surface area contributed by atoms with Crippen molar-refractivity contribution >= 4 is 15.9 Å². The number of aromatic nitrogens is 3. The number of benzene rings is 1. The third-order valence-corrected chi connectivity index (χ3v) is 8.81. The summed E-state index contributed by atoms with van der Waals surface area (Å²) in [6.07, 6.45) is 6.89. The molecule has 1 amide bonds. The highest BCUT2D eigenvalue weighted by Crippen LogP contribution is 2.48. The molecule has 3 saturated carbocycles. The molecule has 3 atom stereocenters. The van der Waals surface area contributed by atoms with Gasteiger partial charge in [0.15, 0.2) is 0 Å². The molecule has 0 saturated heterocycles. The van der Waals surface area contributed by atoms with Crippen molar-refractivity contribution in [3.63, 3.8) is 0 Å². The molecular weight excluding hydrogens is 404 g/mol. The maximum atomic E-state index is 13.1. The largest absolute Gasteiger partial charge is 0.497 e. The van der Waals surface area contributed by atoms with E-state index in [1.54, 1.807) is 12.0 Å². The Morgan fingerprint density at radius 3 is 2.53 bits per heavy atom. The molecule has 3 aliphatic carbocycles. The zero-order valence-electron chi connectivity index (χ0n) is 17.0. The maximum absolute atomic E-state index is 13.1. The number of carbonyl (C=O) groups excluding carboxylic acids is 1. The molecule has 30 heavy (non-hydrogen) atoms. The molecule has 1 heterocycles. The third kappa shape index (κ3) is 3.49. The normalized spacial score (nSPS) is 25.4. The van der Waals surface area contributed by atoms with E-state index in [0.717, 1.165) is 48.1 Å². The summed E-state index contributed by atoms with van der Waals surface area (Å²) in [6, 6.07) is 7.38. The molecular formula is C21H26N4O4S. The Bertz CT molecular complexity index is 1050. The minimum absolute atomic E-state index is 0.148. The molecule has 0 unspecified atom stereocenters. The van der Waals surface area contributed by atoms with Gasteiger partial charge in [-0.15, -0.1) is 5.10 Å². The van der Waals surface area contributed by atoms with Crippen LogP contribution in [-0.4, -0.2) is 52.5 Å². The van der Waals surface area contributed by atoms with Gasteiger partial charge in [-0.3, -0.25) is 0 Å². The van der Waals surface area contributed by atoms with Crippen LogP contribution in [0.3, 0.4) is 0 Å². The van der Waals surface area contributed by atoms with Gasteiger partial charge in [-0.25, -0.2) is 18.2 Å². The number of carbonyl (C=O) groups is 1. The van der Waals surface area contributed by atoms with Crippen molar-refractivity contribution < 1.29 is 17.9 Å². The van der Waals surface area contributed by atoms with Crippen LogP contribution in [0.1, 0.15) is 44.1 Å². The number of nitrogens with zero attached hydrogens (tertiary/aromatic N) is 4. The van der Waals surface area contributed by atoms with Crippen LogP contribution < -0.4 is 4.74 Å². The van der Waals surface area contributed by atoms with Crippen LogP contribution in [0.2, 0.25) is 0 Å². The second-order valence-electron chi connectivity index (χ2n) is 8.72. The van der Waals surface area contributed by atoms with Crippen LogP contribution in [0.25, 0.3) is 0 Å². The number of sulfone groups is 1. The van der Waals surface area contributed by atoms with Crippen molar-refractivity contribution in [1.82, 2.24) is 19.7 Å². The lowest BCUT2D eigenvalue weighted by Crippen LogP contribution is -2.36. The second-order valence-corrected chi connectivity index (χ2v) is 10.8. The number of hydrogen-bond acceptors (Lipinski definition) is 6. The monoisotopic (exact) mass is 430 g/mol. The molecule has 0 N–H and O–H groups in total. The quantitative estimate of drug-likeness (QED) is 0.699. The molecule has 2 aromatic rings. The van der Waals surface area contributed by atoms with Crippen molar-refractivity contribution in [2.75, 3.05) is 7.11 Å². The first-order chi connectivity index (χ1) is 14.5. The van der Waals surface area contributed by atoms with E-state index in [1.165, 1.54) is 6.33 Å². The van der Waals surface area contributed by atoms with E-state index in [-0.39, 0.29) is 23.1 Å². The van der Waals surface area contributed by atoms with Gasteiger partial charge in [0.2, 0.25) is 9.84 Å². The fraction of sp³-hybridized carbons (Fsp3) is 0.571. The fourth-order valence-electron chi connectivity index (χ4n) is 4.97. The first kappa shape index (κ1) is 19.5. The number of rotatable bonds is 6. The summed E-state index contributed by atoms with van der Waals surface area (Å²) in [5.74, 6) is 1.48. The fourth-order valence-corrected chi connectivity index (χ4v) is 6.92. The maximum Gasteiger partial charge on any atom is 0.346 e. The molecule has 9 heteroatoms. The molecule has 1 aromatic carbocycles. The zero-order valence-corrected chi connectivity index (χ0v) is 17.8. The van der Waals surface area contributed by atoms with E-state index in [4.69, 9.17) is 4.74 Å². The van der Waals surface area contributed by atoms with Crippen molar-refractivity contribution in [2.45, 2.75) is 61.5 Å². The van der Waals surface area contributed by atoms with Crippen LogP contribution in [0.5, 0.6) is 5.75 Å². The minimum atomic E-state index is -3.61.